The predicted octanol–water partition coefficient (Wildman–Crippen LogP) is 3.12. The van der Waals surface area contributed by atoms with Crippen LogP contribution in [-0.4, -0.2) is 15.3 Å². The van der Waals surface area contributed by atoms with Gasteiger partial charge in [0.25, 0.3) is 0 Å². The maximum absolute atomic E-state index is 13.5. The Morgan fingerprint density at radius 1 is 1.50 bits per heavy atom. The first kappa shape index (κ1) is 12.8. The molecule has 0 aliphatic carbocycles. The Labute approximate surface area is 109 Å². The van der Waals surface area contributed by atoms with Crippen LogP contribution in [0.3, 0.4) is 0 Å². The fourth-order valence-electron chi connectivity index (χ4n) is 1.63. The van der Waals surface area contributed by atoms with Gasteiger partial charge in [-0.2, -0.15) is 0 Å². The van der Waals surface area contributed by atoms with Crippen molar-refractivity contribution in [1.29, 1.82) is 0 Å². The van der Waals surface area contributed by atoms with Crippen LogP contribution in [0.4, 0.5) is 4.39 Å². The van der Waals surface area contributed by atoms with Crippen LogP contribution < -0.4 is 0 Å². The third-order valence-corrected chi connectivity index (χ3v) is 3.04. The van der Waals surface area contributed by atoms with E-state index in [0.717, 1.165) is 6.54 Å². The standard InChI is InChI=1S/C13H12ClFN2O/c1-2-17-7-12(16-8-17)13(18)6-9-10(14)4-3-5-11(9)15/h3-5,7-8H,2,6H2,1H3. The van der Waals surface area contributed by atoms with Gasteiger partial charge in [-0.05, 0) is 19.1 Å². The van der Waals surface area contributed by atoms with Gasteiger partial charge in [-0.15, -0.1) is 0 Å². The number of imidazole rings is 1. The Hall–Kier alpha value is -1.68. The maximum Gasteiger partial charge on any atom is 0.187 e. The summed E-state index contributed by atoms with van der Waals surface area (Å²) in [5.41, 5.74) is 0.548. The van der Waals surface area contributed by atoms with Gasteiger partial charge >= 0.3 is 0 Å². The molecule has 0 atom stereocenters. The molecule has 0 bridgehead atoms. The van der Waals surface area contributed by atoms with E-state index in [2.05, 4.69) is 4.98 Å². The summed E-state index contributed by atoms with van der Waals surface area (Å²) < 4.78 is 15.3. The molecule has 2 aromatic rings. The molecule has 3 nitrogen and oxygen atoms in total. The van der Waals surface area contributed by atoms with Crippen molar-refractivity contribution in [3.05, 3.63) is 52.8 Å². The van der Waals surface area contributed by atoms with Gasteiger partial charge in [-0.25, -0.2) is 9.37 Å². The van der Waals surface area contributed by atoms with Crippen LogP contribution in [0.25, 0.3) is 0 Å². The maximum atomic E-state index is 13.5. The summed E-state index contributed by atoms with van der Waals surface area (Å²) in [6.45, 7) is 2.68. The zero-order chi connectivity index (χ0) is 13.1. The van der Waals surface area contributed by atoms with E-state index in [1.54, 1.807) is 23.2 Å². The number of nitrogens with zero attached hydrogens (tertiary/aromatic N) is 2. The zero-order valence-electron chi connectivity index (χ0n) is 9.86. The molecule has 2 rings (SSSR count). The lowest BCUT2D eigenvalue weighted by atomic mass is 10.1. The number of benzene rings is 1. The van der Waals surface area contributed by atoms with E-state index in [1.165, 1.54) is 12.1 Å². The fourth-order valence-corrected chi connectivity index (χ4v) is 1.86. The van der Waals surface area contributed by atoms with Gasteiger partial charge in [0, 0.05) is 29.7 Å². The summed E-state index contributed by atoms with van der Waals surface area (Å²) in [6.07, 6.45) is 3.15. The van der Waals surface area contributed by atoms with Gasteiger partial charge in [-0.3, -0.25) is 4.79 Å². The summed E-state index contributed by atoms with van der Waals surface area (Å²) in [5, 5.41) is 0.262. The van der Waals surface area contributed by atoms with Gasteiger partial charge in [0.1, 0.15) is 11.5 Å². The van der Waals surface area contributed by atoms with Gasteiger partial charge in [0.2, 0.25) is 0 Å². The van der Waals surface area contributed by atoms with Gasteiger partial charge < -0.3 is 4.57 Å². The predicted molar refractivity (Wildman–Crippen MR) is 67.3 cm³/mol. The highest BCUT2D eigenvalue weighted by Crippen LogP contribution is 2.20. The van der Waals surface area contributed by atoms with Crippen LogP contribution in [0, 0.1) is 5.82 Å². The highest BCUT2D eigenvalue weighted by molar-refractivity contribution is 6.31. The highest BCUT2D eigenvalue weighted by Gasteiger charge is 2.15. The molecule has 0 aliphatic heterocycles. The lowest BCUT2D eigenvalue weighted by Gasteiger charge is -2.03. The molecule has 0 N–H and O–H groups in total. The fraction of sp³-hybridized carbons (Fsp3) is 0.231. The topological polar surface area (TPSA) is 34.9 Å². The van der Waals surface area contributed by atoms with Crippen molar-refractivity contribution in [3.8, 4) is 0 Å². The summed E-state index contributed by atoms with van der Waals surface area (Å²) in [7, 11) is 0. The molecule has 0 aliphatic rings. The molecule has 0 unspecified atom stereocenters. The quantitative estimate of drug-likeness (QED) is 0.797. The van der Waals surface area contributed by atoms with E-state index in [9.17, 15) is 9.18 Å². The molecule has 0 radical (unpaired) electrons. The Balaban J connectivity index is 2.21. The lowest BCUT2D eigenvalue weighted by Crippen LogP contribution is -2.06. The summed E-state index contributed by atoms with van der Waals surface area (Å²) in [4.78, 5) is 15.9. The van der Waals surface area contributed by atoms with Crippen molar-refractivity contribution in [3.63, 3.8) is 0 Å². The minimum atomic E-state index is -0.467. The molecule has 0 spiro atoms. The third-order valence-electron chi connectivity index (χ3n) is 2.68. The number of carbonyl (C=O) groups is 1. The molecule has 94 valence electrons. The second kappa shape index (κ2) is 5.31. The summed E-state index contributed by atoms with van der Waals surface area (Å²) in [6, 6.07) is 4.37. The summed E-state index contributed by atoms with van der Waals surface area (Å²) >= 11 is 5.88. The molecule has 18 heavy (non-hydrogen) atoms. The molecule has 0 saturated carbocycles. The Bertz CT molecular complexity index is 560. The van der Waals surface area contributed by atoms with Crippen molar-refractivity contribution in [2.75, 3.05) is 0 Å². The third kappa shape index (κ3) is 2.59. The minimum Gasteiger partial charge on any atom is -0.337 e. The molecule has 0 saturated heterocycles. The highest BCUT2D eigenvalue weighted by atomic mass is 35.5. The SMILES string of the molecule is CCn1cnc(C(=O)Cc2c(F)cccc2Cl)c1. The van der Waals surface area contributed by atoms with E-state index in [1.807, 2.05) is 6.92 Å². The van der Waals surface area contributed by atoms with Gasteiger partial charge in [0.05, 0.1) is 6.33 Å². The number of aromatic nitrogens is 2. The molecule has 0 fully saturated rings. The van der Waals surface area contributed by atoms with E-state index < -0.39 is 5.82 Å². The lowest BCUT2D eigenvalue weighted by molar-refractivity contribution is 0.0987. The number of Topliss-reactive ketones (excluding diaryl/α,β-unsaturated/α-hetero) is 1. The molecule has 1 aromatic heterocycles. The van der Waals surface area contributed by atoms with Crippen LogP contribution >= 0.6 is 11.6 Å². The Kier molecular flexibility index (Phi) is 3.77. The molecular weight excluding hydrogens is 255 g/mol. The van der Waals surface area contributed by atoms with Crippen LogP contribution in [0.15, 0.2) is 30.7 Å². The molecule has 1 heterocycles. The molecular formula is C13H12ClFN2O. The molecule has 1 aromatic carbocycles. The average molecular weight is 267 g/mol. The number of ketones is 1. The number of hydrogen-bond acceptors (Lipinski definition) is 2. The average Bonchev–Trinajstić information content (AvgIpc) is 2.82. The smallest absolute Gasteiger partial charge is 0.187 e. The number of aryl methyl sites for hydroxylation is 1. The first-order valence-electron chi connectivity index (χ1n) is 5.59. The number of halogens is 2. The van der Waals surface area contributed by atoms with Crippen molar-refractivity contribution < 1.29 is 9.18 Å². The normalized spacial score (nSPS) is 10.6. The second-order valence-corrected chi connectivity index (χ2v) is 4.30. The van der Waals surface area contributed by atoms with E-state index >= 15 is 0 Å². The van der Waals surface area contributed by atoms with E-state index in [4.69, 9.17) is 11.6 Å². The van der Waals surface area contributed by atoms with Crippen molar-refractivity contribution in [2.24, 2.45) is 0 Å². The molecule has 0 amide bonds. The van der Waals surface area contributed by atoms with E-state index in [-0.39, 0.29) is 22.8 Å². The van der Waals surface area contributed by atoms with Crippen LogP contribution in [0.2, 0.25) is 5.02 Å². The first-order chi connectivity index (χ1) is 8.61. The first-order valence-corrected chi connectivity index (χ1v) is 5.97. The van der Waals surface area contributed by atoms with Crippen LogP contribution in [-0.2, 0) is 13.0 Å². The van der Waals surface area contributed by atoms with Crippen molar-refractivity contribution in [1.82, 2.24) is 9.55 Å². The zero-order valence-corrected chi connectivity index (χ0v) is 10.6. The van der Waals surface area contributed by atoms with Crippen molar-refractivity contribution >= 4 is 17.4 Å². The summed E-state index contributed by atoms with van der Waals surface area (Å²) in [5.74, 6) is -0.708. The monoisotopic (exact) mass is 266 g/mol. The minimum absolute atomic E-state index is 0.0771. The molecule has 5 heteroatoms. The Morgan fingerprint density at radius 3 is 2.89 bits per heavy atom. The van der Waals surface area contributed by atoms with E-state index in [0.29, 0.717) is 5.69 Å². The Morgan fingerprint density at radius 2 is 2.28 bits per heavy atom. The van der Waals surface area contributed by atoms with Gasteiger partial charge in [0.15, 0.2) is 5.78 Å². The number of hydrogen-bond donors (Lipinski definition) is 0. The van der Waals surface area contributed by atoms with Crippen LogP contribution in [0.5, 0.6) is 0 Å². The largest absolute Gasteiger partial charge is 0.337 e. The second-order valence-electron chi connectivity index (χ2n) is 3.89. The van der Waals surface area contributed by atoms with Crippen molar-refractivity contribution in [2.45, 2.75) is 19.9 Å². The van der Waals surface area contributed by atoms with Gasteiger partial charge in [-0.1, -0.05) is 17.7 Å². The number of carbonyl (C=O) groups excluding carboxylic acids is 1. The number of rotatable bonds is 4. The van der Waals surface area contributed by atoms with Crippen LogP contribution in [0.1, 0.15) is 23.0 Å².